The first-order valence-electron chi connectivity index (χ1n) is 6.57. The van der Waals surface area contributed by atoms with E-state index >= 15 is 0 Å². The van der Waals surface area contributed by atoms with E-state index in [4.69, 9.17) is 4.74 Å². The topological polar surface area (TPSA) is 24.5 Å². The average molecular weight is 244 g/mol. The Hall–Kier alpha value is 0.230. The van der Waals surface area contributed by atoms with Crippen molar-refractivity contribution in [2.24, 2.45) is 0 Å². The first-order chi connectivity index (χ1) is 7.95. The van der Waals surface area contributed by atoms with E-state index < -0.39 is 0 Å². The summed E-state index contributed by atoms with van der Waals surface area (Å²) in [5.74, 6) is 2.63. The van der Waals surface area contributed by atoms with Crippen molar-refractivity contribution >= 4 is 11.8 Å². The zero-order valence-electron chi connectivity index (χ0n) is 10.1. The lowest BCUT2D eigenvalue weighted by Crippen LogP contribution is -2.35. The summed E-state index contributed by atoms with van der Waals surface area (Å²) in [5, 5.41) is 3.37. The van der Waals surface area contributed by atoms with Crippen molar-refractivity contribution in [3.8, 4) is 0 Å². The molecule has 1 N–H and O–H groups in total. The average Bonchev–Trinajstić information content (AvgIpc) is 2.37. The largest absolute Gasteiger partial charge is 0.378 e. The highest BCUT2D eigenvalue weighted by atomic mass is 32.2. The molecule has 2 saturated heterocycles. The van der Waals surface area contributed by atoms with Crippen LogP contribution in [0.1, 0.15) is 19.3 Å². The molecule has 0 aromatic carbocycles. The summed E-state index contributed by atoms with van der Waals surface area (Å²) in [6, 6.07) is 0. The normalized spacial score (nSPS) is 24.8. The standard InChI is InChI=1S/C12H24N2OS/c1(6-14-7-10-16-11-8-14)9-15-12-2-4-13-5-3-12/h12-13H,1-11H2. The molecule has 4 heteroatoms. The predicted molar refractivity (Wildman–Crippen MR) is 70.2 cm³/mol. The highest BCUT2D eigenvalue weighted by molar-refractivity contribution is 7.99. The molecule has 94 valence electrons. The molecule has 0 radical (unpaired) electrons. The molecule has 2 fully saturated rings. The Morgan fingerprint density at radius 1 is 1.19 bits per heavy atom. The Labute approximate surface area is 103 Å². The van der Waals surface area contributed by atoms with Gasteiger partial charge < -0.3 is 15.0 Å². The Kier molecular flexibility index (Phi) is 5.97. The van der Waals surface area contributed by atoms with Crippen molar-refractivity contribution in [3.63, 3.8) is 0 Å². The van der Waals surface area contributed by atoms with Crippen LogP contribution in [0.3, 0.4) is 0 Å². The third-order valence-electron chi connectivity index (χ3n) is 3.36. The fourth-order valence-corrected chi connectivity index (χ4v) is 3.30. The van der Waals surface area contributed by atoms with Crippen LogP contribution in [0.15, 0.2) is 0 Å². The lowest BCUT2D eigenvalue weighted by molar-refractivity contribution is 0.0281. The zero-order chi connectivity index (χ0) is 11.1. The summed E-state index contributed by atoms with van der Waals surface area (Å²) < 4.78 is 5.90. The summed E-state index contributed by atoms with van der Waals surface area (Å²) in [6.45, 7) is 7.00. The molecule has 0 spiro atoms. The molecule has 0 aromatic rings. The summed E-state index contributed by atoms with van der Waals surface area (Å²) in [6.07, 6.45) is 4.12. The monoisotopic (exact) mass is 244 g/mol. The number of piperidine rings is 1. The maximum absolute atomic E-state index is 5.90. The minimum atomic E-state index is 0.526. The van der Waals surface area contributed by atoms with E-state index in [9.17, 15) is 0 Å². The molecule has 16 heavy (non-hydrogen) atoms. The smallest absolute Gasteiger partial charge is 0.0599 e. The second kappa shape index (κ2) is 7.54. The van der Waals surface area contributed by atoms with Crippen molar-refractivity contribution in [2.75, 3.05) is 50.8 Å². The maximum Gasteiger partial charge on any atom is 0.0599 e. The summed E-state index contributed by atoms with van der Waals surface area (Å²) in [5.41, 5.74) is 0. The first-order valence-corrected chi connectivity index (χ1v) is 7.73. The third-order valence-corrected chi connectivity index (χ3v) is 4.30. The van der Waals surface area contributed by atoms with Gasteiger partial charge in [0.2, 0.25) is 0 Å². The Morgan fingerprint density at radius 2 is 1.94 bits per heavy atom. The van der Waals surface area contributed by atoms with E-state index in [2.05, 4.69) is 22.0 Å². The van der Waals surface area contributed by atoms with Crippen molar-refractivity contribution in [3.05, 3.63) is 0 Å². The van der Waals surface area contributed by atoms with Crippen molar-refractivity contribution < 1.29 is 4.74 Å². The van der Waals surface area contributed by atoms with Gasteiger partial charge in [0.15, 0.2) is 0 Å². The van der Waals surface area contributed by atoms with Gasteiger partial charge in [-0.1, -0.05) is 0 Å². The lowest BCUT2D eigenvalue weighted by atomic mass is 10.1. The summed E-state index contributed by atoms with van der Waals surface area (Å²) in [7, 11) is 0. The van der Waals surface area contributed by atoms with E-state index in [-0.39, 0.29) is 0 Å². The number of hydrogen-bond acceptors (Lipinski definition) is 4. The van der Waals surface area contributed by atoms with Gasteiger partial charge >= 0.3 is 0 Å². The summed E-state index contributed by atoms with van der Waals surface area (Å²) >= 11 is 2.08. The van der Waals surface area contributed by atoms with Gasteiger partial charge in [0, 0.05) is 37.7 Å². The molecule has 0 unspecified atom stereocenters. The van der Waals surface area contributed by atoms with Crippen molar-refractivity contribution in [1.29, 1.82) is 0 Å². The van der Waals surface area contributed by atoms with E-state index in [1.54, 1.807) is 0 Å². The fraction of sp³-hybridized carbons (Fsp3) is 1.00. The summed E-state index contributed by atoms with van der Waals surface area (Å²) in [4.78, 5) is 2.57. The molecule has 0 aliphatic carbocycles. The number of hydrogen-bond donors (Lipinski definition) is 1. The molecule has 2 heterocycles. The van der Waals surface area contributed by atoms with Gasteiger partial charge in [-0.2, -0.15) is 11.8 Å². The first kappa shape index (κ1) is 12.7. The number of nitrogens with one attached hydrogen (secondary N) is 1. The van der Waals surface area contributed by atoms with Gasteiger partial charge in [0.1, 0.15) is 0 Å². The number of nitrogens with zero attached hydrogens (tertiary/aromatic N) is 1. The predicted octanol–water partition coefficient (Wildman–Crippen LogP) is 1.19. The molecular formula is C12H24N2OS. The maximum atomic E-state index is 5.90. The Bertz CT molecular complexity index is 160. The minimum Gasteiger partial charge on any atom is -0.378 e. The van der Waals surface area contributed by atoms with Crippen LogP contribution in [0.4, 0.5) is 0 Å². The zero-order valence-corrected chi connectivity index (χ0v) is 10.9. The quantitative estimate of drug-likeness (QED) is 0.734. The minimum absolute atomic E-state index is 0.526. The molecule has 3 nitrogen and oxygen atoms in total. The third kappa shape index (κ3) is 4.62. The van der Waals surface area contributed by atoms with Crippen LogP contribution >= 0.6 is 11.8 Å². The van der Waals surface area contributed by atoms with Crippen LogP contribution in [-0.4, -0.2) is 61.8 Å². The molecule has 0 aromatic heterocycles. The molecule has 2 aliphatic rings. The molecule has 0 atom stereocenters. The Balaban J connectivity index is 1.47. The molecule has 0 saturated carbocycles. The van der Waals surface area contributed by atoms with Gasteiger partial charge in [0.25, 0.3) is 0 Å². The van der Waals surface area contributed by atoms with Crippen LogP contribution in [0.5, 0.6) is 0 Å². The van der Waals surface area contributed by atoms with Crippen LogP contribution in [0.25, 0.3) is 0 Å². The van der Waals surface area contributed by atoms with Gasteiger partial charge in [-0.15, -0.1) is 0 Å². The van der Waals surface area contributed by atoms with Gasteiger partial charge in [-0.25, -0.2) is 0 Å². The van der Waals surface area contributed by atoms with E-state index in [0.717, 1.165) is 19.7 Å². The van der Waals surface area contributed by atoms with E-state index in [1.165, 1.54) is 50.4 Å². The van der Waals surface area contributed by atoms with Crippen molar-refractivity contribution in [1.82, 2.24) is 10.2 Å². The van der Waals surface area contributed by atoms with E-state index in [1.807, 2.05) is 0 Å². The van der Waals surface area contributed by atoms with Crippen LogP contribution in [-0.2, 0) is 4.74 Å². The second-order valence-electron chi connectivity index (χ2n) is 4.63. The second-order valence-corrected chi connectivity index (χ2v) is 5.85. The Morgan fingerprint density at radius 3 is 2.69 bits per heavy atom. The van der Waals surface area contributed by atoms with Crippen LogP contribution < -0.4 is 5.32 Å². The van der Waals surface area contributed by atoms with Gasteiger partial charge in [-0.05, 0) is 32.4 Å². The lowest BCUT2D eigenvalue weighted by Gasteiger charge is -2.27. The van der Waals surface area contributed by atoms with Crippen LogP contribution in [0.2, 0.25) is 0 Å². The molecular weight excluding hydrogens is 220 g/mol. The highest BCUT2D eigenvalue weighted by Gasteiger charge is 2.13. The van der Waals surface area contributed by atoms with Gasteiger partial charge in [-0.3, -0.25) is 0 Å². The SMILES string of the molecule is C(COC1CCNCC1)CN1CCSCC1. The number of thioether (sulfide) groups is 1. The van der Waals surface area contributed by atoms with Gasteiger partial charge in [0.05, 0.1) is 6.10 Å². The molecule has 2 rings (SSSR count). The molecule has 0 bridgehead atoms. The number of ether oxygens (including phenoxy) is 1. The van der Waals surface area contributed by atoms with E-state index in [0.29, 0.717) is 6.10 Å². The van der Waals surface area contributed by atoms with Crippen LogP contribution in [0, 0.1) is 0 Å². The van der Waals surface area contributed by atoms with Crippen molar-refractivity contribution in [2.45, 2.75) is 25.4 Å². The molecule has 0 amide bonds. The highest BCUT2D eigenvalue weighted by Crippen LogP contribution is 2.10. The fourth-order valence-electron chi connectivity index (χ4n) is 2.33. The molecule has 2 aliphatic heterocycles. The number of rotatable bonds is 5.